The first-order valence-electron chi connectivity index (χ1n) is 6.97. The lowest BCUT2D eigenvalue weighted by Gasteiger charge is -2.07. The topological polar surface area (TPSA) is 38.3 Å². The second kappa shape index (κ2) is 8.04. The van der Waals surface area contributed by atoms with Gasteiger partial charge in [0.15, 0.2) is 0 Å². The Bertz CT molecular complexity index is 552. The Kier molecular flexibility index (Phi) is 5.76. The van der Waals surface area contributed by atoms with Gasteiger partial charge in [-0.1, -0.05) is 12.1 Å². The zero-order chi connectivity index (χ0) is 14.9. The number of unbranched alkanes of at least 4 members (excludes halogenated alkanes) is 1. The molecule has 0 spiro atoms. The van der Waals surface area contributed by atoms with Crippen molar-refractivity contribution in [2.45, 2.75) is 19.3 Å². The van der Waals surface area contributed by atoms with E-state index in [-0.39, 0.29) is 5.82 Å². The number of nitrogens with one attached hydrogen (secondary N) is 1. The molecule has 0 heterocycles. The molecular formula is C17H18FNO2. The number of halogens is 1. The summed E-state index contributed by atoms with van der Waals surface area (Å²) in [6, 6.07) is 13.8. The van der Waals surface area contributed by atoms with Gasteiger partial charge in [-0.15, -0.1) is 0 Å². The van der Waals surface area contributed by atoms with Crippen molar-refractivity contribution in [1.82, 2.24) is 5.32 Å². The van der Waals surface area contributed by atoms with Gasteiger partial charge in [0.05, 0.1) is 0 Å². The van der Waals surface area contributed by atoms with E-state index in [0.29, 0.717) is 5.75 Å². The highest BCUT2D eigenvalue weighted by molar-refractivity contribution is 5.45. The van der Waals surface area contributed by atoms with E-state index in [1.807, 2.05) is 24.3 Å². The Morgan fingerprint density at radius 3 is 2.19 bits per heavy atom. The molecule has 0 radical (unpaired) electrons. The van der Waals surface area contributed by atoms with E-state index in [4.69, 9.17) is 4.74 Å². The molecule has 2 rings (SSSR count). The second-order valence-electron chi connectivity index (χ2n) is 4.73. The maximum atomic E-state index is 12.8. The third-order valence-electron chi connectivity index (χ3n) is 3.09. The normalized spacial score (nSPS) is 10.1. The first kappa shape index (κ1) is 15.0. The second-order valence-corrected chi connectivity index (χ2v) is 4.73. The van der Waals surface area contributed by atoms with Gasteiger partial charge in [-0.25, -0.2) is 4.39 Å². The van der Waals surface area contributed by atoms with Crippen LogP contribution < -0.4 is 10.1 Å². The zero-order valence-corrected chi connectivity index (χ0v) is 11.7. The molecule has 0 saturated carbocycles. The molecule has 2 aromatic rings. The highest BCUT2D eigenvalue weighted by atomic mass is 19.1. The number of carbonyl (C=O) groups is 1. The van der Waals surface area contributed by atoms with Gasteiger partial charge < -0.3 is 10.1 Å². The first-order chi connectivity index (χ1) is 10.3. The van der Waals surface area contributed by atoms with Crippen LogP contribution in [0.15, 0.2) is 48.5 Å². The maximum Gasteiger partial charge on any atom is 0.207 e. The van der Waals surface area contributed by atoms with Crippen LogP contribution in [0.25, 0.3) is 0 Å². The minimum Gasteiger partial charge on any atom is -0.457 e. The lowest BCUT2D eigenvalue weighted by atomic mass is 10.1. The van der Waals surface area contributed by atoms with Gasteiger partial charge in [-0.3, -0.25) is 4.79 Å². The van der Waals surface area contributed by atoms with E-state index in [1.54, 1.807) is 12.1 Å². The fraction of sp³-hybridized carbons (Fsp3) is 0.235. The molecule has 21 heavy (non-hydrogen) atoms. The third-order valence-corrected chi connectivity index (χ3v) is 3.09. The van der Waals surface area contributed by atoms with Crippen LogP contribution in [-0.4, -0.2) is 13.0 Å². The van der Waals surface area contributed by atoms with Crippen molar-refractivity contribution in [2.75, 3.05) is 6.54 Å². The van der Waals surface area contributed by atoms with Crippen LogP contribution in [0.3, 0.4) is 0 Å². The fourth-order valence-electron chi connectivity index (χ4n) is 1.98. The molecule has 3 nitrogen and oxygen atoms in total. The van der Waals surface area contributed by atoms with Gasteiger partial charge in [-0.2, -0.15) is 0 Å². The lowest BCUT2D eigenvalue weighted by molar-refractivity contribution is -0.109. The van der Waals surface area contributed by atoms with Crippen LogP contribution in [0.2, 0.25) is 0 Å². The number of hydrogen-bond acceptors (Lipinski definition) is 2. The molecule has 2 aromatic carbocycles. The Hall–Kier alpha value is -2.36. The number of rotatable bonds is 8. The molecule has 0 bridgehead atoms. The summed E-state index contributed by atoms with van der Waals surface area (Å²) in [6.07, 6.45) is 3.69. The largest absolute Gasteiger partial charge is 0.457 e. The molecular weight excluding hydrogens is 269 g/mol. The van der Waals surface area contributed by atoms with Crippen molar-refractivity contribution in [3.8, 4) is 11.5 Å². The zero-order valence-electron chi connectivity index (χ0n) is 11.7. The minimum atomic E-state index is -0.276. The van der Waals surface area contributed by atoms with Gasteiger partial charge in [0.1, 0.15) is 17.3 Å². The van der Waals surface area contributed by atoms with E-state index in [9.17, 15) is 9.18 Å². The van der Waals surface area contributed by atoms with Crippen molar-refractivity contribution in [3.05, 3.63) is 59.9 Å². The highest BCUT2D eigenvalue weighted by Gasteiger charge is 1.99. The van der Waals surface area contributed by atoms with Crippen molar-refractivity contribution >= 4 is 6.41 Å². The summed E-state index contributed by atoms with van der Waals surface area (Å²) < 4.78 is 18.4. The predicted octanol–water partition coefficient (Wildman–Crippen LogP) is 3.69. The van der Waals surface area contributed by atoms with E-state index >= 15 is 0 Å². The molecule has 1 N–H and O–H groups in total. The van der Waals surface area contributed by atoms with Gasteiger partial charge >= 0.3 is 0 Å². The summed E-state index contributed by atoms with van der Waals surface area (Å²) in [4.78, 5) is 10.1. The Morgan fingerprint density at radius 1 is 0.952 bits per heavy atom. The quantitative estimate of drug-likeness (QED) is 0.594. The molecule has 0 aliphatic heterocycles. The molecule has 0 aromatic heterocycles. The SMILES string of the molecule is O=CNCCCCc1ccc(Oc2ccc(F)cc2)cc1. The van der Waals surface area contributed by atoms with Crippen LogP contribution in [0.5, 0.6) is 11.5 Å². The van der Waals surface area contributed by atoms with Gasteiger partial charge in [-0.05, 0) is 61.2 Å². The minimum absolute atomic E-state index is 0.276. The Morgan fingerprint density at radius 2 is 1.57 bits per heavy atom. The van der Waals surface area contributed by atoms with Crippen LogP contribution in [0.1, 0.15) is 18.4 Å². The molecule has 1 amide bonds. The summed E-state index contributed by atoms with van der Waals surface area (Å²) in [5, 5.41) is 2.65. The van der Waals surface area contributed by atoms with Crippen molar-refractivity contribution in [2.24, 2.45) is 0 Å². The van der Waals surface area contributed by atoms with Gasteiger partial charge in [0, 0.05) is 6.54 Å². The average molecular weight is 287 g/mol. The molecule has 0 unspecified atom stereocenters. The number of benzene rings is 2. The summed E-state index contributed by atoms with van der Waals surface area (Å²) >= 11 is 0. The van der Waals surface area contributed by atoms with Crippen LogP contribution in [0.4, 0.5) is 4.39 Å². The van der Waals surface area contributed by atoms with Crippen LogP contribution in [0, 0.1) is 5.82 Å². The number of ether oxygens (including phenoxy) is 1. The van der Waals surface area contributed by atoms with Crippen LogP contribution in [-0.2, 0) is 11.2 Å². The molecule has 0 aliphatic rings. The fourth-order valence-corrected chi connectivity index (χ4v) is 1.98. The number of hydrogen-bond donors (Lipinski definition) is 1. The van der Waals surface area contributed by atoms with E-state index in [2.05, 4.69) is 5.32 Å². The number of aryl methyl sites for hydroxylation is 1. The Labute approximate surface area is 123 Å². The smallest absolute Gasteiger partial charge is 0.207 e. The Balaban J connectivity index is 1.81. The highest BCUT2D eigenvalue weighted by Crippen LogP contribution is 2.22. The van der Waals surface area contributed by atoms with E-state index in [1.165, 1.54) is 17.7 Å². The molecule has 110 valence electrons. The monoisotopic (exact) mass is 287 g/mol. The van der Waals surface area contributed by atoms with E-state index < -0.39 is 0 Å². The third kappa shape index (κ3) is 5.26. The van der Waals surface area contributed by atoms with Crippen molar-refractivity contribution < 1.29 is 13.9 Å². The molecule has 0 atom stereocenters. The average Bonchev–Trinajstić information content (AvgIpc) is 2.51. The summed E-state index contributed by atoms with van der Waals surface area (Å²) in [6.45, 7) is 0.718. The van der Waals surface area contributed by atoms with Gasteiger partial charge in [0.25, 0.3) is 0 Å². The number of carbonyl (C=O) groups excluding carboxylic acids is 1. The summed E-state index contributed by atoms with van der Waals surface area (Å²) in [5.74, 6) is 1.07. The maximum absolute atomic E-state index is 12.8. The molecule has 4 heteroatoms. The predicted molar refractivity (Wildman–Crippen MR) is 79.9 cm³/mol. The van der Waals surface area contributed by atoms with Gasteiger partial charge in [0.2, 0.25) is 6.41 Å². The van der Waals surface area contributed by atoms with E-state index in [0.717, 1.165) is 38.0 Å². The molecule has 0 aliphatic carbocycles. The summed E-state index contributed by atoms with van der Waals surface area (Å²) in [7, 11) is 0. The molecule has 0 saturated heterocycles. The number of amides is 1. The lowest BCUT2D eigenvalue weighted by Crippen LogP contribution is -2.11. The van der Waals surface area contributed by atoms with Crippen molar-refractivity contribution in [3.63, 3.8) is 0 Å². The summed E-state index contributed by atoms with van der Waals surface area (Å²) in [5.41, 5.74) is 1.23. The van der Waals surface area contributed by atoms with Crippen molar-refractivity contribution in [1.29, 1.82) is 0 Å². The molecule has 0 fully saturated rings. The first-order valence-corrected chi connectivity index (χ1v) is 6.97. The van der Waals surface area contributed by atoms with Crippen LogP contribution >= 0.6 is 0 Å². The standard InChI is InChI=1S/C17H18FNO2/c18-15-6-10-17(11-7-15)21-16-8-4-14(5-9-16)3-1-2-12-19-13-20/h4-11,13H,1-3,12H2,(H,19,20).